The molecule has 0 amide bonds. The molecule has 27 heavy (non-hydrogen) atoms. The summed E-state index contributed by atoms with van der Waals surface area (Å²) in [5, 5.41) is 15.0. The van der Waals surface area contributed by atoms with Crippen LogP contribution < -0.4 is 0 Å². The predicted octanol–water partition coefficient (Wildman–Crippen LogP) is 3.82. The van der Waals surface area contributed by atoms with Crippen molar-refractivity contribution in [3.05, 3.63) is 72.5 Å². The number of nitrogens with zero attached hydrogens (tertiary/aromatic N) is 6. The van der Waals surface area contributed by atoms with Crippen molar-refractivity contribution in [2.75, 3.05) is 0 Å². The van der Waals surface area contributed by atoms with Crippen LogP contribution in [0.1, 0.15) is 11.4 Å². The third-order valence-corrected chi connectivity index (χ3v) is 5.45. The first kappa shape index (κ1) is 16.0. The molecule has 0 radical (unpaired) electrons. The van der Waals surface area contributed by atoms with Crippen LogP contribution in [-0.2, 0) is 13.6 Å². The van der Waals surface area contributed by atoms with E-state index >= 15 is 0 Å². The summed E-state index contributed by atoms with van der Waals surface area (Å²) >= 11 is 1.62. The highest BCUT2D eigenvalue weighted by Crippen LogP contribution is 2.30. The van der Waals surface area contributed by atoms with Crippen molar-refractivity contribution < 1.29 is 0 Å². The lowest BCUT2D eigenvalue weighted by molar-refractivity contribution is 0.720. The minimum Gasteiger partial charge on any atom is -0.298 e. The van der Waals surface area contributed by atoms with E-state index in [2.05, 4.69) is 55.2 Å². The Morgan fingerprint density at radius 2 is 2.07 bits per heavy atom. The fraction of sp³-hybridized carbons (Fsp3) is 0.100. The van der Waals surface area contributed by atoms with E-state index in [-0.39, 0.29) is 0 Å². The molecular weight excluding hydrogens is 356 g/mol. The molecule has 7 heteroatoms. The van der Waals surface area contributed by atoms with Crippen molar-refractivity contribution in [1.29, 1.82) is 0 Å². The summed E-state index contributed by atoms with van der Waals surface area (Å²) in [7, 11) is 1.92. The predicted molar refractivity (Wildman–Crippen MR) is 106 cm³/mol. The zero-order chi connectivity index (χ0) is 18.2. The number of allylic oxidation sites excluding steroid dienone is 3. The Morgan fingerprint density at radius 1 is 1.11 bits per heavy atom. The maximum atomic E-state index is 4.38. The van der Waals surface area contributed by atoms with Gasteiger partial charge in [0.05, 0.1) is 11.7 Å². The molecule has 1 aromatic carbocycles. The van der Waals surface area contributed by atoms with Crippen LogP contribution >= 0.6 is 11.8 Å². The maximum absolute atomic E-state index is 4.38. The Labute approximate surface area is 160 Å². The largest absolute Gasteiger partial charge is 0.298 e. The highest BCUT2D eigenvalue weighted by molar-refractivity contribution is 7.99. The molecule has 0 fully saturated rings. The van der Waals surface area contributed by atoms with Gasteiger partial charge in [0.15, 0.2) is 11.0 Å². The van der Waals surface area contributed by atoms with Gasteiger partial charge in [0.2, 0.25) is 0 Å². The van der Waals surface area contributed by atoms with Gasteiger partial charge in [-0.1, -0.05) is 18.2 Å². The molecule has 132 valence electrons. The third kappa shape index (κ3) is 3.06. The molecule has 1 aliphatic rings. The van der Waals surface area contributed by atoms with E-state index < -0.39 is 0 Å². The summed E-state index contributed by atoms with van der Waals surface area (Å²) < 4.78 is 3.93. The first-order valence-corrected chi connectivity index (χ1v) is 9.41. The van der Waals surface area contributed by atoms with E-state index in [9.17, 15) is 0 Å². The van der Waals surface area contributed by atoms with Crippen molar-refractivity contribution in [2.24, 2.45) is 7.05 Å². The van der Waals surface area contributed by atoms with Crippen LogP contribution in [0.4, 0.5) is 0 Å². The van der Waals surface area contributed by atoms with Crippen LogP contribution in [0.2, 0.25) is 0 Å². The van der Waals surface area contributed by atoms with Crippen LogP contribution in [-0.4, -0.2) is 29.5 Å². The van der Waals surface area contributed by atoms with Crippen molar-refractivity contribution in [2.45, 2.75) is 16.6 Å². The molecular formula is C20H16N6S. The second kappa shape index (κ2) is 6.51. The van der Waals surface area contributed by atoms with Crippen LogP contribution in [0.15, 0.2) is 71.1 Å². The van der Waals surface area contributed by atoms with E-state index in [1.54, 1.807) is 11.8 Å². The van der Waals surface area contributed by atoms with Crippen LogP contribution in [0, 0.1) is 0 Å². The smallest absolute Gasteiger partial charge is 0.196 e. The van der Waals surface area contributed by atoms with Crippen LogP contribution in [0.5, 0.6) is 0 Å². The molecule has 5 rings (SSSR count). The van der Waals surface area contributed by atoms with Crippen molar-refractivity contribution >= 4 is 34.3 Å². The highest BCUT2D eigenvalue weighted by Gasteiger charge is 2.14. The Hall–Kier alpha value is -3.19. The Balaban J connectivity index is 1.44. The van der Waals surface area contributed by atoms with E-state index in [0.717, 1.165) is 44.5 Å². The van der Waals surface area contributed by atoms with Crippen molar-refractivity contribution in [3.8, 4) is 0 Å². The minimum absolute atomic E-state index is 0.719. The Kier molecular flexibility index (Phi) is 3.86. The monoisotopic (exact) mass is 372 g/mol. The lowest BCUT2D eigenvalue weighted by Crippen LogP contribution is -1.99. The van der Waals surface area contributed by atoms with Gasteiger partial charge in [0.1, 0.15) is 0 Å². The van der Waals surface area contributed by atoms with E-state index in [1.807, 2.05) is 48.5 Å². The average Bonchev–Trinajstić information content (AvgIpc) is 3.22. The molecule has 1 aliphatic heterocycles. The third-order valence-electron chi connectivity index (χ3n) is 4.47. The lowest BCUT2D eigenvalue weighted by atomic mass is 10.1. The van der Waals surface area contributed by atoms with Crippen LogP contribution in [0.3, 0.4) is 0 Å². The van der Waals surface area contributed by atoms with E-state index in [1.165, 1.54) is 0 Å². The number of pyridine rings is 1. The van der Waals surface area contributed by atoms with Gasteiger partial charge in [-0.05, 0) is 47.7 Å². The maximum Gasteiger partial charge on any atom is 0.196 e. The summed E-state index contributed by atoms with van der Waals surface area (Å²) in [5.41, 5.74) is 3.24. The molecule has 0 bridgehead atoms. The second-order valence-corrected chi connectivity index (χ2v) is 7.35. The molecule has 0 saturated heterocycles. The molecule has 6 nitrogen and oxygen atoms in total. The fourth-order valence-electron chi connectivity index (χ4n) is 3.10. The standard InChI is InChI=1S/C20H16N6S/c1-25-13-16(12-22-25)14-4-7-19-23-24-20(26(19)10-8-14)27-17-5-6-18-15(11-17)3-2-9-21-18/h2-9,11-13H,10H2,1H3. The first-order chi connectivity index (χ1) is 13.3. The quantitative estimate of drug-likeness (QED) is 0.547. The summed E-state index contributed by atoms with van der Waals surface area (Å²) in [6.45, 7) is 0.719. The van der Waals surface area contributed by atoms with Gasteiger partial charge in [0.25, 0.3) is 0 Å². The Bertz CT molecular complexity index is 1200. The second-order valence-electron chi connectivity index (χ2n) is 6.31. The minimum atomic E-state index is 0.719. The van der Waals surface area contributed by atoms with Crippen molar-refractivity contribution in [3.63, 3.8) is 0 Å². The summed E-state index contributed by atoms with van der Waals surface area (Å²) in [5.74, 6) is 0.857. The fourth-order valence-corrected chi connectivity index (χ4v) is 3.99. The van der Waals surface area contributed by atoms with E-state index in [4.69, 9.17) is 0 Å². The molecule has 4 heterocycles. The SMILES string of the molecule is Cn1cc(C2=CCn3c(nnc3Sc3ccc4ncccc4c3)C=C2)cn1. The zero-order valence-electron chi connectivity index (χ0n) is 14.6. The molecule has 4 aromatic rings. The number of hydrogen-bond acceptors (Lipinski definition) is 5. The molecule has 0 N–H and O–H groups in total. The normalized spacial score (nSPS) is 13.4. The Morgan fingerprint density at radius 3 is 2.96 bits per heavy atom. The highest BCUT2D eigenvalue weighted by atomic mass is 32.2. The average molecular weight is 372 g/mol. The number of rotatable bonds is 3. The molecule has 0 saturated carbocycles. The number of aromatic nitrogens is 6. The molecule has 0 atom stereocenters. The van der Waals surface area contributed by atoms with Gasteiger partial charge >= 0.3 is 0 Å². The van der Waals surface area contributed by atoms with Crippen molar-refractivity contribution in [1.82, 2.24) is 29.5 Å². The van der Waals surface area contributed by atoms with Gasteiger partial charge in [0, 0.05) is 41.8 Å². The lowest BCUT2D eigenvalue weighted by Gasteiger charge is -2.06. The van der Waals surface area contributed by atoms with Gasteiger partial charge in [-0.2, -0.15) is 5.10 Å². The summed E-state index contributed by atoms with van der Waals surface area (Å²) in [6.07, 6.45) is 12.0. The summed E-state index contributed by atoms with van der Waals surface area (Å²) in [6, 6.07) is 10.3. The summed E-state index contributed by atoms with van der Waals surface area (Å²) in [4.78, 5) is 5.50. The molecule has 0 aliphatic carbocycles. The molecule has 0 unspecified atom stereocenters. The zero-order valence-corrected chi connectivity index (χ0v) is 15.5. The van der Waals surface area contributed by atoms with Gasteiger partial charge in [-0.15, -0.1) is 10.2 Å². The molecule has 3 aromatic heterocycles. The van der Waals surface area contributed by atoms with Gasteiger partial charge < -0.3 is 0 Å². The number of hydrogen-bond donors (Lipinski definition) is 0. The molecule has 0 spiro atoms. The van der Waals surface area contributed by atoms with Crippen LogP contribution in [0.25, 0.3) is 22.6 Å². The van der Waals surface area contributed by atoms with Gasteiger partial charge in [-0.25, -0.2) is 0 Å². The number of fused-ring (bicyclic) bond motifs is 2. The number of benzene rings is 1. The first-order valence-electron chi connectivity index (χ1n) is 8.59. The van der Waals surface area contributed by atoms with E-state index in [0.29, 0.717) is 0 Å². The number of aryl methyl sites for hydroxylation is 1. The van der Waals surface area contributed by atoms with Gasteiger partial charge in [-0.3, -0.25) is 14.2 Å². The topological polar surface area (TPSA) is 61.4 Å².